The second-order valence-electron chi connectivity index (χ2n) is 4.18. The summed E-state index contributed by atoms with van der Waals surface area (Å²) in [5, 5.41) is 4.46. The van der Waals surface area contributed by atoms with E-state index in [-0.39, 0.29) is 0 Å². The Morgan fingerprint density at radius 3 is 3.27 bits per heavy atom. The topological polar surface area (TPSA) is 40.7 Å². The number of aromatic nitrogens is 2. The molecule has 84 valence electrons. The van der Waals surface area contributed by atoms with Crippen molar-refractivity contribution in [3.63, 3.8) is 0 Å². The predicted octanol–water partition coefficient (Wildman–Crippen LogP) is 2.17. The molecule has 0 radical (unpaired) electrons. The lowest BCUT2D eigenvalue weighted by molar-refractivity contribution is 0.378. The van der Waals surface area contributed by atoms with Crippen molar-refractivity contribution in [2.24, 2.45) is 0 Å². The highest BCUT2D eigenvalue weighted by molar-refractivity contribution is 7.99. The maximum atomic E-state index is 4.02. The molecule has 0 aliphatic heterocycles. The molecule has 1 aromatic rings. The minimum Gasteiger partial charge on any atom is -0.347 e. The Hall–Kier alpha value is -0.480. The van der Waals surface area contributed by atoms with Gasteiger partial charge in [0.25, 0.3) is 0 Å². The summed E-state index contributed by atoms with van der Waals surface area (Å²) >= 11 is 2.01. The quantitative estimate of drug-likeness (QED) is 0.825. The van der Waals surface area contributed by atoms with Crippen LogP contribution < -0.4 is 5.32 Å². The van der Waals surface area contributed by atoms with E-state index in [1.54, 1.807) is 6.33 Å². The van der Waals surface area contributed by atoms with E-state index in [1.807, 2.05) is 18.0 Å². The molecule has 1 heterocycles. The first-order valence-electron chi connectivity index (χ1n) is 5.62. The number of thioether (sulfide) groups is 1. The van der Waals surface area contributed by atoms with Crippen LogP contribution in [0.15, 0.2) is 12.5 Å². The molecular formula is C11H19N3S. The summed E-state index contributed by atoms with van der Waals surface area (Å²) in [5.74, 6) is 0. The van der Waals surface area contributed by atoms with Crippen molar-refractivity contribution in [2.45, 2.75) is 43.5 Å². The van der Waals surface area contributed by atoms with E-state index >= 15 is 0 Å². The lowest BCUT2D eigenvalue weighted by Gasteiger charge is -2.28. The van der Waals surface area contributed by atoms with Crippen LogP contribution in [0, 0.1) is 0 Å². The van der Waals surface area contributed by atoms with Crippen molar-refractivity contribution in [3.05, 3.63) is 18.2 Å². The van der Waals surface area contributed by atoms with Crippen molar-refractivity contribution < 1.29 is 0 Å². The number of imidazole rings is 1. The molecule has 2 N–H and O–H groups in total. The van der Waals surface area contributed by atoms with Crippen LogP contribution >= 0.6 is 11.8 Å². The first kappa shape index (κ1) is 11.0. The van der Waals surface area contributed by atoms with Crippen LogP contribution in [0.3, 0.4) is 0 Å². The molecule has 1 aliphatic carbocycles. The van der Waals surface area contributed by atoms with E-state index in [0.29, 0.717) is 6.04 Å². The Kier molecular flexibility index (Phi) is 4.09. The minimum atomic E-state index is 0.694. The first-order valence-corrected chi connectivity index (χ1v) is 6.90. The number of nitrogens with one attached hydrogen (secondary N) is 2. The highest BCUT2D eigenvalue weighted by Gasteiger charge is 2.20. The third kappa shape index (κ3) is 3.24. The summed E-state index contributed by atoms with van der Waals surface area (Å²) in [5.41, 5.74) is 1.18. The molecule has 1 aliphatic rings. The summed E-state index contributed by atoms with van der Waals surface area (Å²) in [6, 6.07) is 0.694. The molecule has 2 unspecified atom stereocenters. The predicted molar refractivity (Wildman–Crippen MR) is 65.0 cm³/mol. The Labute approximate surface area is 95.4 Å². The molecule has 3 nitrogen and oxygen atoms in total. The lowest BCUT2D eigenvalue weighted by Crippen LogP contribution is -2.34. The average molecular weight is 225 g/mol. The van der Waals surface area contributed by atoms with Crippen LogP contribution in [0.5, 0.6) is 0 Å². The number of hydrogen-bond donors (Lipinski definition) is 2. The monoisotopic (exact) mass is 225 g/mol. The van der Waals surface area contributed by atoms with Gasteiger partial charge in [-0.2, -0.15) is 11.8 Å². The molecule has 0 saturated heterocycles. The van der Waals surface area contributed by atoms with Gasteiger partial charge in [-0.1, -0.05) is 6.42 Å². The highest BCUT2D eigenvalue weighted by atomic mass is 32.2. The molecule has 0 bridgehead atoms. The summed E-state index contributed by atoms with van der Waals surface area (Å²) in [4.78, 5) is 7.14. The second-order valence-corrected chi connectivity index (χ2v) is 5.32. The molecule has 2 rings (SSSR count). The third-order valence-corrected chi connectivity index (χ3v) is 4.19. The normalized spacial score (nSPS) is 26.7. The van der Waals surface area contributed by atoms with Gasteiger partial charge in [-0.15, -0.1) is 0 Å². The van der Waals surface area contributed by atoms with Crippen LogP contribution in [0.4, 0.5) is 0 Å². The van der Waals surface area contributed by atoms with E-state index in [2.05, 4.69) is 21.5 Å². The molecule has 1 aromatic heterocycles. The summed E-state index contributed by atoms with van der Waals surface area (Å²) in [6.07, 6.45) is 11.3. The van der Waals surface area contributed by atoms with E-state index in [0.717, 1.165) is 11.8 Å². The van der Waals surface area contributed by atoms with Gasteiger partial charge >= 0.3 is 0 Å². The van der Waals surface area contributed by atoms with E-state index in [4.69, 9.17) is 0 Å². The Morgan fingerprint density at radius 1 is 1.60 bits per heavy atom. The van der Waals surface area contributed by atoms with Crippen LogP contribution in [-0.2, 0) is 6.54 Å². The molecule has 2 atom stereocenters. The van der Waals surface area contributed by atoms with E-state index in [9.17, 15) is 0 Å². The standard InChI is InChI=1S/C11H19N3S/c1-15-11-4-2-3-9(5-11)13-7-10-6-12-8-14-10/h6,8-9,11,13H,2-5,7H2,1H3,(H,12,14). The number of rotatable bonds is 4. The largest absolute Gasteiger partial charge is 0.347 e. The van der Waals surface area contributed by atoms with Gasteiger partial charge in [-0.3, -0.25) is 0 Å². The molecule has 0 aromatic carbocycles. The zero-order chi connectivity index (χ0) is 10.5. The van der Waals surface area contributed by atoms with Gasteiger partial charge in [0.2, 0.25) is 0 Å². The van der Waals surface area contributed by atoms with Crippen molar-refractivity contribution >= 4 is 11.8 Å². The van der Waals surface area contributed by atoms with Crippen LogP contribution in [-0.4, -0.2) is 27.5 Å². The molecule has 1 fully saturated rings. The fourth-order valence-electron chi connectivity index (χ4n) is 2.18. The van der Waals surface area contributed by atoms with Gasteiger partial charge in [0.05, 0.1) is 6.33 Å². The fraction of sp³-hybridized carbons (Fsp3) is 0.727. The number of nitrogens with zero attached hydrogens (tertiary/aromatic N) is 1. The number of H-pyrrole nitrogens is 1. The number of aromatic amines is 1. The molecule has 1 saturated carbocycles. The maximum absolute atomic E-state index is 4.02. The van der Waals surface area contributed by atoms with Crippen LogP contribution in [0.2, 0.25) is 0 Å². The summed E-state index contributed by atoms with van der Waals surface area (Å²) in [6.45, 7) is 0.922. The third-order valence-electron chi connectivity index (χ3n) is 3.10. The Morgan fingerprint density at radius 2 is 2.53 bits per heavy atom. The minimum absolute atomic E-state index is 0.694. The van der Waals surface area contributed by atoms with Gasteiger partial charge in [0.1, 0.15) is 0 Å². The zero-order valence-electron chi connectivity index (χ0n) is 9.20. The SMILES string of the molecule is CSC1CCCC(NCc2cnc[nH]2)C1. The van der Waals surface area contributed by atoms with Crippen LogP contribution in [0.1, 0.15) is 31.4 Å². The Bertz CT molecular complexity index is 273. The molecule has 0 spiro atoms. The smallest absolute Gasteiger partial charge is 0.0922 e. The zero-order valence-corrected chi connectivity index (χ0v) is 10.0. The molecule has 15 heavy (non-hydrogen) atoms. The Balaban J connectivity index is 1.74. The van der Waals surface area contributed by atoms with Gasteiger partial charge in [0.15, 0.2) is 0 Å². The molecule has 0 amide bonds. The summed E-state index contributed by atoms with van der Waals surface area (Å²) < 4.78 is 0. The van der Waals surface area contributed by atoms with Gasteiger partial charge in [0, 0.05) is 29.7 Å². The second kappa shape index (κ2) is 5.56. The molecular weight excluding hydrogens is 206 g/mol. The summed E-state index contributed by atoms with van der Waals surface area (Å²) in [7, 11) is 0. The van der Waals surface area contributed by atoms with Gasteiger partial charge in [-0.05, 0) is 25.5 Å². The van der Waals surface area contributed by atoms with Gasteiger partial charge < -0.3 is 10.3 Å². The van der Waals surface area contributed by atoms with E-state index < -0.39 is 0 Å². The van der Waals surface area contributed by atoms with Crippen molar-refractivity contribution in [3.8, 4) is 0 Å². The van der Waals surface area contributed by atoms with E-state index in [1.165, 1.54) is 31.4 Å². The van der Waals surface area contributed by atoms with Crippen molar-refractivity contribution in [1.82, 2.24) is 15.3 Å². The highest BCUT2D eigenvalue weighted by Crippen LogP contribution is 2.26. The molecule has 4 heteroatoms. The lowest BCUT2D eigenvalue weighted by atomic mass is 9.95. The van der Waals surface area contributed by atoms with Crippen molar-refractivity contribution in [1.29, 1.82) is 0 Å². The first-order chi connectivity index (χ1) is 7.38. The average Bonchev–Trinajstić information content (AvgIpc) is 2.79. The van der Waals surface area contributed by atoms with Crippen LogP contribution in [0.25, 0.3) is 0 Å². The maximum Gasteiger partial charge on any atom is 0.0922 e. The fourth-order valence-corrected chi connectivity index (χ4v) is 3.01. The number of hydrogen-bond acceptors (Lipinski definition) is 3. The van der Waals surface area contributed by atoms with Crippen molar-refractivity contribution in [2.75, 3.05) is 6.26 Å². The van der Waals surface area contributed by atoms with Gasteiger partial charge in [-0.25, -0.2) is 4.98 Å².